The Hall–Kier alpha value is -0.567. The van der Waals surface area contributed by atoms with E-state index in [1.165, 1.54) is 23.3 Å². The van der Waals surface area contributed by atoms with Crippen LogP contribution in [0.2, 0.25) is 16.3 Å². The molecule has 1 aliphatic heterocycles. The summed E-state index contributed by atoms with van der Waals surface area (Å²) in [7, 11) is 0. The molecule has 2 heteroatoms. The molecule has 14 heavy (non-hydrogen) atoms. The molecule has 1 fully saturated rings. The molecule has 1 aliphatic rings. The second-order valence-electron chi connectivity index (χ2n) is 4.46. The molecular formula is C12H16GeO. The third-order valence-electron chi connectivity index (χ3n) is 3.29. The molecule has 0 N–H and O–H groups in total. The van der Waals surface area contributed by atoms with Crippen LogP contribution in [-0.4, -0.2) is 17.9 Å². The first-order valence-electron chi connectivity index (χ1n) is 5.32. The molecule has 0 bridgehead atoms. The summed E-state index contributed by atoms with van der Waals surface area (Å²) >= 11 is -2.09. The molecule has 1 aromatic rings. The van der Waals surface area contributed by atoms with Crippen LogP contribution in [-0.2, 0) is 0 Å². The van der Waals surface area contributed by atoms with Gasteiger partial charge in [0.15, 0.2) is 0 Å². The zero-order valence-corrected chi connectivity index (χ0v) is 10.7. The Morgan fingerprint density at radius 1 is 1.14 bits per heavy atom. The van der Waals surface area contributed by atoms with Crippen LogP contribution in [0, 0.1) is 0 Å². The third kappa shape index (κ3) is 1.78. The molecule has 74 valence electrons. The standard InChI is InChI=1S/C12H16GeO/c1-13(9-5-6-10-13)12(14)11-7-3-2-4-8-11/h2-4,7-8H,5-6,9-10H2,1H3. The van der Waals surface area contributed by atoms with Crippen LogP contribution >= 0.6 is 0 Å². The van der Waals surface area contributed by atoms with Crippen molar-refractivity contribution in [3.63, 3.8) is 0 Å². The first-order valence-corrected chi connectivity index (χ1v) is 11.4. The summed E-state index contributed by atoms with van der Waals surface area (Å²) < 4.78 is 0.517. The van der Waals surface area contributed by atoms with E-state index in [1.54, 1.807) is 0 Å². The van der Waals surface area contributed by atoms with Gasteiger partial charge in [0.25, 0.3) is 0 Å². The molecule has 1 saturated heterocycles. The van der Waals surface area contributed by atoms with E-state index < -0.39 is 13.3 Å². The second-order valence-corrected chi connectivity index (χ2v) is 14.1. The molecule has 0 spiro atoms. The molecule has 0 amide bonds. The molecule has 0 unspecified atom stereocenters. The van der Waals surface area contributed by atoms with Crippen LogP contribution in [0.1, 0.15) is 23.2 Å². The van der Waals surface area contributed by atoms with Crippen LogP contribution in [0.25, 0.3) is 0 Å². The van der Waals surface area contributed by atoms with Crippen molar-refractivity contribution in [3.8, 4) is 0 Å². The van der Waals surface area contributed by atoms with Crippen molar-refractivity contribution >= 4 is 17.9 Å². The van der Waals surface area contributed by atoms with Crippen LogP contribution < -0.4 is 0 Å². The maximum absolute atomic E-state index is 12.3. The SMILES string of the molecule is [CH3][Ge]1([C](=O)c2ccccc2)[CH2]CC[CH2]1. The summed E-state index contributed by atoms with van der Waals surface area (Å²) in [5.41, 5.74) is 0.955. The molecule has 0 saturated carbocycles. The van der Waals surface area contributed by atoms with E-state index in [0.717, 1.165) is 5.56 Å². The van der Waals surface area contributed by atoms with Crippen molar-refractivity contribution in [1.82, 2.24) is 0 Å². The Morgan fingerprint density at radius 2 is 1.71 bits per heavy atom. The number of benzene rings is 1. The van der Waals surface area contributed by atoms with E-state index in [0.29, 0.717) is 4.62 Å². The van der Waals surface area contributed by atoms with Gasteiger partial charge in [-0.2, -0.15) is 0 Å². The normalized spacial score (nSPS) is 19.5. The Kier molecular flexibility index (Phi) is 2.77. The molecule has 1 heterocycles. The van der Waals surface area contributed by atoms with Crippen LogP contribution in [0.3, 0.4) is 0 Å². The van der Waals surface area contributed by atoms with E-state index in [1.807, 2.05) is 30.3 Å². The quantitative estimate of drug-likeness (QED) is 0.735. The van der Waals surface area contributed by atoms with Gasteiger partial charge in [-0.1, -0.05) is 0 Å². The Labute approximate surface area is 87.9 Å². The van der Waals surface area contributed by atoms with Crippen molar-refractivity contribution in [1.29, 1.82) is 0 Å². The Balaban J connectivity index is 2.24. The molecule has 1 aromatic carbocycles. The molecule has 0 aliphatic carbocycles. The summed E-state index contributed by atoms with van der Waals surface area (Å²) in [6.45, 7) is 0. The number of carbonyl (C=O) groups is 1. The van der Waals surface area contributed by atoms with Crippen molar-refractivity contribution in [2.75, 3.05) is 0 Å². The van der Waals surface area contributed by atoms with Gasteiger partial charge >= 0.3 is 87.7 Å². The Bertz CT molecular complexity index is 325. The van der Waals surface area contributed by atoms with Gasteiger partial charge in [0.1, 0.15) is 0 Å². The topological polar surface area (TPSA) is 17.1 Å². The zero-order valence-electron chi connectivity index (χ0n) is 8.62. The minimum atomic E-state index is -2.09. The third-order valence-corrected chi connectivity index (χ3v) is 12.3. The summed E-state index contributed by atoms with van der Waals surface area (Å²) in [5, 5.41) is 2.49. The predicted molar refractivity (Wildman–Crippen MR) is 61.2 cm³/mol. The van der Waals surface area contributed by atoms with E-state index in [9.17, 15) is 4.79 Å². The van der Waals surface area contributed by atoms with Gasteiger partial charge in [-0.25, -0.2) is 0 Å². The summed E-state index contributed by atoms with van der Waals surface area (Å²) in [6.07, 6.45) is 2.57. The van der Waals surface area contributed by atoms with Crippen molar-refractivity contribution in [2.24, 2.45) is 0 Å². The first-order chi connectivity index (χ1) is 6.72. The predicted octanol–water partition coefficient (Wildman–Crippen LogP) is 3.28. The van der Waals surface area contributed by atoms with Crippen molar-refractivity contribution in [3.05, 3.63) is 35.9 Å². The molecule has 0 radical (unpaired) electrons. The van der Waals surface area contributed by atoms with Crippen LogP contribution in [0.4, 0.5) is 0 Å². The average Bonchev–Trinajstić information content (AvgIpc) is 2.67. The fraction of sp³-hybridized carbons (Fsp3) is 0.417. The molecule has 0 atom stereocenters. The minimum absolute atomic E-state index is 0.517. The number of carbonyl (C=O) groups excluding carboxylic acids is 1. The molecule has 0 aromatic heterocycles. The van der Waals surface area contributed by atoms with Gasteiger partial charge in [-0.3, -0.25) is 0 Å². The molecular weight excluding hydrogens is 233 g/mol. The molecule has 1 nitrogen and oxygen atoms in total. The molecule has 2 rings (SSSR count). The first kappa shape index (κ1) is 9.97. The van der Waals surface area contributed by atoms with Crippen molar-refractivity contribution < 1.29 is 4.79 Å². The summed E-state index contributed by atoms with van der Waals surface area (Å²) in [5.74, 6) is 2.29. The number of hydrogen-bond donors (Lipinski definition) is 0. The number of hydrogen-bond acceptors (Lipinski definition) is 1. The summed E-state index contributed by atoms with van der Waals surface area (Å²) in [6, 6.07) is 9.84. The van der Waals surface area contributed by atoms with E-state index in [2.05, 4.69) is 5.76 Å². The van der Waals surface area contributed by atoms with Crippen LogP contribution in [0.15, 0.2) is 30.3 Å². The monoisotopic (exact) mass is 250 g/mol. The van der Waals surface area contributed by atoms with Crippen molar-refractivity contribution in [2.45, 2.75) is 29.1 Å². The maximum atomic E-state index is 12.3. The second kappa shape index (κ2) is 3.89. The van der Waals surface area contributed by atoms with Gasteiger partial charge in [0.05, 0.1) is 0 Å². The Morgan fingerprint density at radius 3 is 2.29 bits per heavy atom. The van der Waals surface area contributed by atoms with E-state index >= 15 is 0 Å². The fourth-order valence-electron chi connectivity index (χ4n) is 2.32. The van der Waals surface area contributed by atoms with Gasteiger partial charge in [-0.05, 0) is 0 Å². The van der Waals surface area contributed by atoms with Gasteiger partial charge in [0, 0.05) is 0 Å². The van der Waals surface area contributed by atoms with Crippen LogP contribution in [0.5, 0.6) is 0 Å². The fourth-order valence-corrected chi connectivity index (χ4v) is 9.93. The van der Waals surface area contributed by atoms with Gasteiger partial charge in [0.2, 0.25) is 0 Å². The van der Waals surface area contributed by atoms with Gasteiger partial charge in [-0.15, -0.1) is 0 Å². The average molecular weight is 249 g/mol. The van der Waals surface area contributed by atoms with E-state index in [-0.39, 0.29) is 0 Å². The van der Waals surface area contributed by atoms with Gasteiger partial charge < -0.3 is 0 Å². The van der Waals surface area contributed by atoms with E-state index in [4.69, 9.17) is 0 Å². The zero-order chi connectivity index (χ0) is 10.0. The summed E-state index contributed by atoms with van der Waals surface area (Å²) in [4.78, 5) is 12.3. The number of rotatable bonds is 2.